The van der Waals surface area contributed by atoms with Crippen molar-refractivity contribution in [2.24, 2.45) is 0 Å². The van der Waals surface area contributed by atoms with Gasteiger partial charge in [0.1, 0.15) is 13.2 Å². The molecule has 0 aliphatic carbocycles. The highest BCUT2D eigenvalue weighted by molar-refractivity contribution is 5.71. The summed E-state index contributed by atoms with van der Waals surface area (Å²) in [6.07, 6.45) is 89.4. The summed E-state index contributed by atoms with van der Waals surface area (Å²) < 4.78 is 17.0. The average molecular weight is 1170 g/mol. The molecule has 1 unspecified atom stereocenters. The molecule has 0 aromatic rings. The number of rotatable bonds is 71. The Morgan fingerprint density at radius 2 is 0.434 bits per heavy atom. The van der Waals surface area contributed by atoms with Crippen LogP contribution >= 0.6 is 0 Å². The van der Waals surface area contributed by atoms with Crippen LogP contribution in [0.25, 0.3) is 0 Å². The minimum Gasteiger partial charge on any atom is -0.462 e. The second-order valence-corrected chi connectivity index (χ2v) is 25.9. The molecule has 6 nitrogen and oxygen atoms in total. The van der Waals surface area contributed by atoms with E-state index < -0.39 is 6.10 Å². The smallest absolute Gasteiger partial charge is 0.306 e. The second kappa shape index (κ2) is 72.4. The molecule has 0 saturated heterocycles. The fraction of sp³-hybridized carbons (Fsp3) is 0.909. The number of carbonyl (C=O) groups excluding carboxylic acids is 3. The summed E-state index contributed by atoms with van der Waals surface area (Å²) >= 11 is 0. The van der Waals surface area contributed by atoms with Gasteiger partial charge in [-0.3, -0.25) is 14.4 Å². The number of ether oxygens (including phenoxy) is 3. The summed E-state index contributed by atoms with van der Waals surface area (Å²) in [5.41, 5.74) is 0. The van der Waals surface area contributed by atoms with Crippen molar-refractivity contribution < 1.29 is 28.6 Å². The first-order chi connectivity index (χ1) is 41.0. The van der Waals surface area contributed by atoms with E-state index in [1.54, 1.807) is 0 Å². The van der Waals surface area contributed by atoms with Crippen molar-refractivity contribution in [1.29, 1.82) is 0 Å². The molecule has 0 bridgehead atoms. The third-order valence-corrected chi connectivity index (χ3v) is 17.5. The third-order valence-electron chi connectivity index (χ3n) is 17.5. The van der Waals surface area contributed by atoms with Gasteiger partial charge in [0.2, 0.25) is 0 Å². The minimum atomic E-state index is -0.773. The monoisotopic (exact) mass is 1170 g/mol. The lowest BCUT2D eigenvalue weighted by molar-refractivity contribution is -0.167. The zero-order chi connectivity index (χ0) is 59.9. The zero-order valence-electron chi connectivity index (χ0n) is 56.5. The summed E-state index contributed by atoms with van der Waals surface area (Å²) in [4.78, 5) is 38.5. The molecule has 0 aliphatic rings. The van der Waals surface area contributed by atoms with Crippen molar-refractivity contribution in [2.75, 3.05) is 13.2 Å². The number of carbonyl (C=O) groups is 3. The second-order valence-electron chi connectivity index (χ2n) is 25.9. The maximum Gasteiger partial charge on any atom is 0.306 e. The van der Waals surface area contributed by atoms with Gasteiger partial charge in [-0.2, -0.15) is 0 Å². The van der Waals surface area contributed by atoms with Gasteiger partial charge < -0.3 is 14.2 Å². The molecule has 0 N–H and O–H groups in total. The fourth-order valence-corrected chi connectivity index (χ4v) is 11.8. The van der Waals surface area contributed by atoms with Crippen LogP contribution in [0.1, 0.15) is 432 Å². The first kappa shape index (κ1) is 80.9. The molecular weight excluding hydrogens is 1020 g/mol. The SMILES string of the molecule is CCCCCC/C=C\C/C=C\CCCCCCCCCC(=O)OC(COC(=O)CCCCCCCCCCCCCCCCCC)COC(=O)CCCCCCCCCCCCCCCCCCCCCCCCCCCCCCCCC. The lowest BCUT2D eigenvalue weighted by Crippen LogP contribution is -2.30. The molecule has 0 spiro atoms. The van der Waals surface area contributed by atoms with E-state index in [-0.39, 0.29) is 31.1 Å². The standard InChI is InChI=1S/C77H146O6/c1-4-7-10-13-16-19-22-25-28-31-33-34-35-36-37-38-39-40-41-42-43-44-45-47-49-52-55-58-61-64-67-70-76(79)82-73-74(72-81-75(78)69-66-63-60-57-54-51-48-30-27-24-21-18-15-12-9-6-3)83-77(80)71-68-65-62-59-56-53-50-46-32-29-26-23-20-17-14-11-8-5-2/h20,23,29,32,74H,4-19,21-22,24-28,30-31,33-73H2,1-3H3/b23-20-,32-29-. The van der Waals surface area contributed by atoms with Gasteiger partial charge in [0.15, 0.2) is 6.10 Å². The van der Waals surface area contributed by atoms with Crippen LogP contribution in [0.4, 0.5) is 0 Å². The predicted molar refractivity (Wildman–Crippen MR) is 363 cm³/mol. The van der Waals surface area contributed by atoms with Crippen molar-refractivity contribution in [1.82, 2.24) is 0 Å². The number of hydrogen-bond acceptors (Lipinski definition) is 6. The molecule has 0 radical (unpaired) electrons. The maximum atomic E-state index is 13.0. The van der Waals surface area contributed by atoms with Crippen LogP contribution < -0.4 is 0 Å². The highest BCUT2D eigenvalue weighted by Gasteiger charge is 2.20. The van der Waals surface area contributed by atoms with Crippen molar-refractivity contribution in [3.63, 3.8) is 0 Å². The predicted octanol–water partition coefficient (Wildman–Crippen LogP) is 26.1. The summed E-state index contributed by atoms with van der Waals surface area (Å²) in [6, 6.07) is 0. The Balaban J connectivity index is 4.17. The number of unbranched alkanes of at least 4 members (excludes halogenated alkanes) is 56. The zero-order valence-corrected chi connectivity index (χ0v) is 56.5. The highest BCUT2D eigenvalue weighted by atomic mass is 16.6. The van der Waals surface area contributed by atoms with Crippen LogP contribution in [0.3, 0.4) is 0 Å². The molecular formula is C77H146O6. The van der Waals surface area contributed by atoms with Gasteiger partial charge in [-0.25, -0.2) is 0 Å². The Labute approximate surface area is 519 Å². The van der Waals surface area contributed by atoms with Gasteiger partial charge in [-0.1, -0.05) is 385 Å². The molecule has 0 aromatic heterocycles. The Morgan fingerprint density at radius 3 is 0.675 bits per heavy atom. The molecule has 0 rings (SSSR count). The van der Waals surface area contributed by atoms with Gasteiger partial charge >= 0.3 is 17.9 Å². The fourth-order valence-electron chi connectivity index (χ4n) is 11.8. The van der Waals surface area contributed by atoms with Crippen LogP contribution in [0.15, 0.2) is 24.3 Å². The molecule has 490 valence electrons. The van der Waals surface area contributed by atoms with E-state index in [0.717, 1.165) is 70.6 Å². The van der Waals surface area contributed by atoms with Crippen molar-refractivity contribution >= 4 is 17.9 Å². The van der Waals surface area contributed by atoms with E-state index in [1.165, 1.54) is 321 Å². The molecule has 0 heterocycles. The number of esters is 3. The van der Waals surface area contributed by atoms with Crippen LogP contribution in [-0.4, -0.2) is 37.2 Å². The van der Waals surface area contributed by atoms with Crippen LogP contribution in [-0.2, 0) is 28.6 Å². The first-order valence-corrected chi connectivity index (χ1v) is 37.8. The normalized spacial score (nSPS) is 12.1. The molecule has 6 heteroatoms. The Morgan fingerprint density at radius 1 is 0.241 bits per heavy atom. The summed E-state index contributed by atoms with van der Waals surface area (Å²) in [5.74, 6) is -0.840. The van der Waals surface area contributed by atoms with Crippen LogP contribution in [0.5, 0.6) is 0 Å². The van der Waals surface area contributed by atoms with E-state index in [0.29, 0.717) is 19.3 Å². The summed E-state index contributed by atoms with van der Waals surface area (Å²) in [5, 5.41) is 0. The van der Waals surface area contributed by atoms with E-state index in [9.17, 15) is 14.4 Å². The largest absolute Gasteiger partial charge is 0.462 e. The minimum absolute atomic E-state index is 0.0679. The van der Waals surface area contributed by atoms with Crippen LogP contribution in [0, 0.1) is 0 Å². The van der Waals surface area contributed by atoms with Crippen molar-refractivity contribution in [2.45, 2.75) is 438 Å². The quantitative estimate of drug-likeness (QED) is 0.0261. The molecule has 0 amide bonds. The summed E-state index contributed by atoms with van der Waals surface area (Å²) in [6.45, 7) is 6.71. The van der Waals surface area contributed by atoms with Crippen molar-refractivity contribution in [3.05, 3.63) is 24.3 Å². The van der Waals surface area contributed by atoms with Crippen LogP contribution in [0.2, 0.25) is 0 Å². The van der Waals surface area contributed by atoms with E-state index in [1.807, 2.05) is 0 Å². The van der Waals surface area contributed by atoms with Crippen molar-refractivity contribution in [3.8, 4) is 0 Å². The highest BCUT2D eigenvalue weighted by Crippen LogP contribution is 2.20. The lowest BCUT2D eigenvalue weighted by atomic mass is 10.0. The lowest BCUT2D eigenvalue weighted by Gasteiger charge is -2.18. The number of hydrogen-bond donors (Lipinski definition) is 0. The maximum absolute atomic E-state index is 13.0. The summed E-state index contributed by atoms with van der Waals surface area (Å²) in [7, 11) is 0. The molecule has 0 aliphatic heterocycles. The van der Waals surface area contributed by atoms with Gasteiger partial charge in [0, 0.05) is 19.3 Å². The molecule has 83 heavy (non-hydrogen) atoms. The third kappa shape index (κ3) is 70.5. The molecule has 0 saturated carbocycles. The van der Waals surface area contributed by atoms with Gasteiger partial charge in [-0.05, 0) is 51.4 Å². The average Bonchev–Trinajstić information content (AvgIpc) is 3.50. The molecule has 1 atom stereocenters. The molecule has 0 fully saturated rings. The Kier molecular flexibility index (Phi) is 70.5. The van der Waals surface area contributed by atoms with Gasteiger partial charge in [0.05, 0.1) is 0 Å². The van der Waals surface area contributed by atoms with Gasteiger partial charge in [0.25, 0.3) is 0 Å². The Hall–Kier alpha value is -2.11. The Bertz CT molecular complexity index is 1340. The molecule has 0 aromatic carbocycles. The van der Waals surface area contributed by atoms with E-state index in [2.05, 4.69) is 45.1 Å². The van der Waals surface area contributed by atoms with E-state index in [4.69, 9.17) is 14.2 Å². The van der Waals surface area contributed by atoms with Gasteiger partial charge in [-0.15, -0.1) is 0 Å². The van der Waals surface area contributed by atoms with E-state index >= 15 is 0 Å². The number of allylic oxidation sites excluding steroid dienone is 4. The topological polar surface area (TPSA) is 78.9 Å². The first-order valence-electron chi connectivity index (χ1n) is 37.8.